The Kier molecular flexibility index (Phi) is 5.86. The topological polar surface area (TPSA) is 36.4 Å². The lowest BCUT2D eigenvalue weighted by Gasteiger charge is -2.24. The summed E-state index contributed by atoms with van der Waals surface area (Å²) in [6.07, 6.45) is 8.06. The van der Waals surface area contributed by atoms with Crippen molar-refractivity contribution in [2.24, 2.45) is 10.9 Å². The van der Waals surface area contributed by atoms with Crippen molar-refractivity contribution in [2.75, 3.05) is 7.05 Å². The van der Waals surface area contributed by atoms with Crippen LogP contribution >= 0.6 is 24.0 Å². The number of guanidine groups is 1. The van der Waals surface area contributed by atoms with Gasteiger partial charge in [-0.05, 0) is 25.2 Å². The molecular weight excluding hydrogens is 313 g/mol. The third-order valence-electron chi connectivity index (χ3n) is 3.60. The first kappa shape index (κ1) is 14.1. The summed E-state index contributed by atoms with van der Waals surface area (Å²) in [5, 5.41) is 7.01. The molecule has 0 spiro atoms. The van der Waals surface area contributed by atoms with Gasteiger partial charge in [-0.2, -0.15) is 0 Å². The molecule has 0 amide bonds. The first-order chi connectivity index (χ1) is 7.29. The van der Waals surface area contributed by atoms with Crippen LogP contribution < -0.4 is 10.6 Å². The molecule has 2 saturated carbocycles. The van der Waals surface area contributed by atoms with E-state index in [9.17, 15) is 0 Å². The molecule has 2 unspecified atom stereocenters. The van der Waals surface area contributed by atoms with Gasteiger partial charge in [-0.25, -0.2) is 0 Å². The van der Waals surface area contributed by atoms with Gasteiger partial charge < -0.3 is 10.6 Å². The van der Waals surface area contributed by atoms with E-state index in [1.165, 1.54) is 38.5 Å². The summed E-state index contributed by atoms with van der Waals surface area (Å²) in [6.45, 7) is 2.28. The van der Waals surface area contributed by atoms with E-state index in [-0.39, 0.29) is 24.0 Å². The number of nitrogens with one attached hydrogen (secondary N) is 2. The van der Waals surface area contributed by atoms with Crippen LogP contribution in [0.3, 0.4) is 0 Å². The van der Waals surface area contributed by atoms with E-state index in [1.54, 1.807) is 0 Å². The highest BCUT2D eigenvalue weighted by atomic mass is 127. The summed E-state index contributed by atoms with van der Waals surface area (Å²) in [4.78, 5) is 4.29. The molecule has 2 N–H and O–H groups in total. The van der Waals surface area contributed by atoms with Crippen molar-refractivity contribution in [3.63, 3.8) is 0 Å². The maximum absolute atomic E-state index is 4.29. The lowest BCUT2D eigenvalue weighted by Crippen LogP contribution is -2.45. The minimum absolute atomic E-state index is 0. The zero-order valence-corrected chi connectivity index (χ0v) is 12.7. The van der Waals surface area contributed by atoms with Crippen LogP contribution in [0.1, 0.15) is 45.4 Å². The Labute approximate surface area is 116 Å². The minimum atomic E-state index is 0. The molecule has 2 aliphatic rings. The van der Waals surface area contributed by atoms with Gasteiger partial charge in [-0.1, -0.05) is 26.2 Å². The quantitative estimate of drug-likeness (QED) is 0.462. The summed E-state index contributed by atoms with van der Waals surface area (Å²) < 4.78 is 0. The van der Waals surface area contributed by atoms with Crippen LogP contribution in [0.4, 0.5) is 0 Å². The molecule has 2 aliphatic carbocycles. The van der Waals surface area contributed by atoms with E-state index in [2.05, 4.69) is 22.5 Å². The second-order valence-electron chi connectivity index (χ2n) is 5.02. The molecule has 0 bridgehead atoms. The van der Waals surface area contributed by atoms with Gasteiger partial charge in [0.05, 0.1) is 0 Å². The Morgan fingerprint density at radius 1 is 1.12 bits per heavy atom. The van der Waals surface area contributed by atoms with Crippen LogP contribution in [-0.2, 0) is 0 Å². The summed E-state index contributed by atoms with van der Waals surface area (Å²) >= 11 is 0. The van der Waals surface area contributed by atoms with Crippen molar-refractivity contribution >= 4 is 29.9 Å². The second-order valence-corrected chi connectivity index (χ2v) is 5.02. The van der Waals surface area contributed by atoms with Gasteiger partial charge >= 0.3 is 0 Å². The molecule has 0 aromatic heterocycles. The Morgan fingerprint density at radius 2 is 1.75 bits per heavy atom. The normalized spacial score (nSPS) is 30.5. The predicted octanol–water partition coefficient (Wildman–Crippen LogP) is 2.51. The molecule has 2 fully saturated rings. The molecule has 3 nitrogen and oxygen atoms in total. The van der Waals surface area contributed by atoms with Crippen LogP contribution in [0, 0.1) is 5.92 Å². The summed E-state index contributed by atoms with van der Waals surface area (Å²) in [6, 6.07) is 1.32. The molecule has 0 heterocycles. The van der Waals surface area contributed by atoms with Crippen molar-refractivity contribution in [3.8, 4) is 0 Å². The van der Waals surface area contributed by atoms with Gasteiger partial charge in [0.2, 0.25) is 0 Å². The van der Waals surface area contributed by atoms with Gasteiger partial charge in [0.1, 0.15) is 0 Å². The highest BCUT2D eigenvalue weighted by molar-refractivity contribution is 14.0. The van der Waals surface area contributed by atoms with Crippen LogP contribution in [-0.4, -0.2) is 25.1 Å². The maximum atomic E-state index is 4.29. The van der Waals surface area contributed by atoms with E-state index in [1.807, 2.05) is 7.05 Å². The molecule has 0 radical (unpaired) electrons. The standard InChI is InChI=1S/C12H23N3.HI/c1-9-8-11(9)15-12(13-2)14-10-6-4-3-5-7-10;/h9-11H,3-8H2,1-2H3,(H2,13,14,15);1H. The molecule has 4 heteroatoms. The number of rotatable bonds is 2. The molecule has 16 heavy (non-hydrogen) atoms. The lowest BCUT2D eigenvalue weighted by atomic mass is 9.96. The lowest BCUT2D eigenvalue weighted by molar-refractivity contribution is 0.410. The van der Waals surface area contributed by atoms with E-state index in [0.717, 1.165) is 11.9 Å². The van der Waals surface area contributed by atoms with Gasteiger partial charge in [0, 0.05) is 19.1 Å². The summed E-state index contributed by atoms with van der Waals surface area (Å²) in [5.41, 5.74) is 0. The molecule has 94 valence electrons. The fourth-order valence-electron chi connectivity index (χ4n) is 2.31. The number of hydrogen-bond acceptors (Lipinski definition) is 1. The van der Waals surface area contributed by atoms with E-state index < -0.39 is 0 Å². The Balaban J connectivity index is 0.00000128. The van der Waals surface area contributed by atoms with Gasteiger partial charge in [-0.3, -0.25) is 4.99 Å². The molecule has 0 saturated heterocycles. The minimum Gasteiger partial charge on any atom is -0.354 e. The van der Waals surface area contributed by atoms with Gasteiger partial charge in [0.15, 0.2) is 5.96 Å². The Hall–Kier alpha value is 0. The average Bonchev–Trinajstić information content (AvgIpc) is 2.95. The molecule has 2 rings (SSSR count). The van der Waals surface area contributed by atoms with E-state index in [0.29, 0.717) is 12.1 Å². The summed E-state index contributed by atoms with van der Waals surface area (Å²) in [5.74, 6) is 1.84. The third-order valence-corrected chi connectivity index (χ3v) is 3.60. The first-order valence-electron chi connectivity index (χ1n) is 6.29. The second kappa shape index (κ2) is 6.67. The average molecular weight is 337 g/mol. The maximum Gasteiger partial charge on any atom is 0.191 e. The van der Waals surface area contributed by atoms with Crippen molar-refractivity contribution in [2.45, 2.75) is 57.5 Å². The van der Waals surface area contributed by atoms with Crippen molar-refractivity contribution < 1.29 is 0 Å². The number of hydrogen-bond donors (Lipinski definition) is 2. The Morgan fingerprint density at radius 3 is 2.25 bits per heavy atom. The SMILES string of the molecule is CN=C(NC1CCCCC1)NC1CC1C.I. The smallest absolute Gasteiger partial charge is 0.191 e. The highest BCUT2D eigenvalue weighted by Gasteiger charge is 2.33. The van der Waals surface area contributed by atoms with Crippen molar-refractivity contribution in [3.05, 3.63) is 0 Å². The van der Waals surface area contributed by atoms with Crippen LogP contribution in [0.25, 0.3) is 0 Å². The van der Waals surface area contributed by atoms with Gasteiger partial charge in [0.25, 0.3) is 0 Å². The third kappa shape index (κ3) is 4.11. The van der Waals surface area contributed by atoms with Crippen LogP contribution in [0.15, 0.2) is 4.99 Å². The van der Waals surface area contributed by atoms with E-state index >= 15 is 0 Å². The molecule has 0 aliphatic heterocycles. The zero-order chi connectivity index (χ0) is 10.7. The fraction of sp³-hybridized carbons (Fsp3) is 0.917. The van der Waals surface area contributed by atoms with Crippen molar-refractivity contribution in [1.82, 2.24) is 10.6 Å². The zero-order valence-electron chi connectivity index (χ0n) is 10.3. The number of halogens is 1. The van der Waals surface area contributed by atoms with Crippen LogP contribution in [0.5, 0.6) is 0 Å². The first-order valence-corrected chi connectivity index (χ1v) is 6.29. The van der Waals surface area contributed by atoms with E-state index in [4.69, 9.17) is 0 Å². The van der Waals surface area contributed by atoms with Gasteiger partial charge in [-0.15, -0.1) is 24.0 Å². The molecule has 0 aromatic rings. The number of nitrogens with zero attached hydrogens (tertiary/aromatic N) is 1. The molecule has 0 aromatic carbocycles. The van der Waals surface area contributed by atoms with Crippen molar-refractivity contribution in [1.29, 1.82) is 0 Å². The molecule has 2 atom stereocenters. The largest absolute Gasteiger partial charge is 0.354 e. The fourth-order valence-corrected chi connectivity index (χ4v) is 2.31. The molecular formula is C12H24IN3. The summed E-state index contributed by atoms with van der Waals surface area (Å²) in [7, 11) is 1.87. The Bertz CT molecular complexity index is 236. The monoisotopic (exact) mass is 337 g/mol. The highest BCUT2D eigenvalue weighted by Crippen LogP contribution is 2.28. The number of aliphatic imine (C=N–C) groups is 1. The predicted molar refractivity (Wildman–Crippen MR) is 79.5 cm³/mol. The van der Waals surface area contributed by atoms with Crippen LogP contribution in [0.2, 0.25) is 0 Å².